The summed E-state index contributed by atoms with van der Waals surface area (Å²) >= 11 is 0. The molecule has 1 atom stereocenters. The molecular weight excluding hydrogens is 204 g/mol. The van der Waals surface area contributed by atoms with Crippen LogP contribution in [0.25, 0.3) is 0 Å². The van der Waals surface area contributed by atoms with Crippen molar-refractivity contribution in [1.82, 2.24) is 9.97 Å². The Labute approximate surface area is 95.5 Å². The van der Waals surface area contributed by atoms with E-state index in [9.17, 15) is 0 Å². The Balaban J connectivity index is 2.65. The molecule has 0 aliphatic rings. The maximum Gasteiger partial charge on any atom is 0.224 e. The first-order valence-corrected chi connectivity index (χ1v) is 5.28. The van der Waals surface area contributed by atoms with Gasteiger partial charge in [-0.05, 0) is 12.5 Å². The van der Waals surface area contributed by atoms with Crippen molar-refractivity contribution in [3.63, 3.8) is 0 Å². The topological polar surface area (TPSA) is 70.8 Å². The van der Waals surface area contributed by atoms with Gasteiger partial charge in [-0.1, -0.05) is 13.3 Å². The van der Waals surface area contributed by atoms with Crippen LogP contribution in [0.4, 0.5) is 5.95 Å². The monoisotopic (exact) mass is 220 g/mol. The maximum absolute atomic E-state index is 8.71. The molecule has 16 heavy (non-hydrogen) atoms. The Hall–Kier alpha value is -1.67. The van der Waals surface area contributed by atoms with E-state index in [0.29, 0.717) is 18.2 Å². The van der Waals surface area contributed by atoms with Crippen LogP contribution in [0.15, 0.2) is 12.3 Å². The second-order valence-corrected chi connectivity index (χ2v) is 3.46. The summed E-state index contributed by atoms with van der Waals surface area (Å²) in [7, 11) is 1.66. The molecule has 1 N–H and O–H groups in total. The lowest BCUT2D eigenvalue weighted by molar-refractivity contribution is 0.182. The quantitative estimate of drug-likeness (QED) is 0.788. The van der Waals surface area contributed by atoms with Crippen molar-refractivity contribution >= 4 is 5.95 Å². The van der Waals surface area contributed by atoms with Crippen LogP contribution < -0.4 is 5.32 Å². The number of nitrogens with zero attached hydrogens (tertiary/aromatic N) is 3. The third kappa shape index (κ3) is 3.83. The zero-order chi connectivity index (χ0) is 11.8. The molecular formula is C11H16N4O. The number of nitriles is 1. The van der Waals surface area contributed by atoms with E-state index in [4.69, 9.17) is 10.00 Å². The van der Waals surface area contributed by atoms with E-state index in [0.717, 1.165) is 12.8 Å². The van der Waals surface area contributed by atoms with Crippen LogP contribution >= 0.6 is 0 Å². The Morgan fingerprint density at radius 1 is 1.62 bits per heavy atom. The van der Waals surface area contributed by atoms with Crippen molar-refractivity contribution in [2.45, 2.75) is 25.8 Å². The van der Waals surface area contributed by atoms with Crippen molar-refractivity contribution in [2.75, 3.05) is 19.0 Å². The normalized spacial score (nSPS) is 11.8. The number of anilines is 1. The molecule has 1 heterocycles. The van der Waals surface area contributed by atoms with Crippen LogP contribution in [0.2, 0.25) is 0 Å². The fourth-order valence-electron chi connectivity index (χ4n) is 1.42. The third-order valence-corrected chi connectivity index (χ3v) is 2.11. The summed E-state index contributed by atoms with van der Waals surface area (Å²) in [6.45, 7) is 2.71. The van der Waals surface area contributed by atoms with E-state index < -0.39 is 0 Å². The van der Waals surface area contributed by atoms with Crippen molar-refractivity contribution in [2.24, 2.45) is 0 Å². The Bertz CT molecular complexity index is 355. The highest BCUT2D eigenvalue weighted by Crippen LogP contribution is 2.06. The van der Waals surface area contributed by atoms with Gasteiger partial charge in [0.1, 0.15) is 11.8 Å². The van der Waals surface area contributed by atoms with Gasteiger partial charge in [0.25, 0.3) is 0 Å². The predicted octanol–water partition coefficient (Wildman–Crippen LogP) is 1.58. The molecule has 5 heteroatoms. The molecule has 0 aromatic carbocycles. The number of rotatable bonds is 6. The highest BCUT2D eigenvalue weighted by molar-refractivity contribution is 5.31. The van der Waals surface area contributed by atoms with Gasteiger partial charge in [-0.2, -0.15) is 5.26 Å². The Morgan fingerprint density at radius 2 is 2.44 bits per heavy atom. The minimum atomic E-state index is 0.184. The van der Waals surface area contributed by atoms with Crippen LogP contribution in [0.5, 0.6) is 0 Å². The molecule has 1 rings (SSSR count). The molecule has 0 aliphatic heterocycles. The van der Waals surface area contributed by atoms with E-state index in [1.165, 1.54) is 0 Å². The second-order valence-electron chi connectivity index (χ2n) is 3.46. The van der Waals surface area contributed by atoms with Gasteiger partial charge < -0.3 is 10.1 Å². The molecule has 0 aliphatic carbocycles. The lowest BCUT2D eigenvalue weighted by atomic mass is 10.2. The summed E-state index contributed by atoms with van der Waals surface area (Å²) in [4.78, 5) is 8.12. The molecule has 0 radical (unpaired) electrons. The zero-order valence-corrected chi connectivity index (χ0v) is 9.60. The number of hydrogen-bond acceptors (Lipinski definition) is 5. The summed E-state index contributed by atoms with van der Waals surface area (Å²) in [6, 6.07) is 3.75. The van der Waals surface area contributed by atoms with Crippen molar-refractivity contribution in [3.05, 3.63) is 18.0 Å². The molecule has 0 saturated carbocycles. The van der Waals surface area contributed by atoms with Crippen molar-refractivity contribution in [3.8, 4) is 6.07 Å². The van der Waals surface area contributed by atoms with Gasteiger partial charge >= 0.3 is 0 Å². The first-order chi connectivity index (χ1) is 7.80. The predicted molar refractivity (Wildman–Crippen MR) is 60.9 cm³/mol. The van der Waals surface area contributed by atoms with E-state index >= 15 is 0 Å². The van der Waals surface area contributed by atoms with Crippen LogP contribution in [0.1, 0.15) is 25.5 Å². The average molecular weight is 220 g/mol. The lowest BCUT2D eigenvalue weighted by Crippen LogP contribution is -2.25. The summed E-state index contributed by atoms with van der Waals surface area (Å²) < 4.78 is 5.10. The molecule has 5 nitrogen and oxygen atoms in total. The maximum atomic E-state index is 8.71. The molecule has 0 spiro atoms. The zero-order valence-electron chi connectivity index (χ0n) is 9.60. The summed E-state index contributed by atoms with van der Waals surface area (Å²) in [5.41, 5.74) is 0.366. The van der Waals surface area contributed by atoms with Gasteiger partial charge in [-0.15, -0.1) is 0 Å². The number of methoxy groups -OCH3 is 1. The first kappa shape index (κ1) is 12.4. The average Bonchev–Trinajstić information content (AvgIpc) is 2.30. The van der Waals surface area contributed by atoms with Gasteiger partial charge in [-0.25, -0.2) is 9.97 Å². The van der Waals surface area contributed by atoms with Gasteiger partial charge in [0.15, 0.2) is 0 Å². The first-order valence-electron chi connectivity index (χ1n) is 5.28. The molecule has 1 unspecified atom stereocenters. The van der Waals surface area contributed by atoms with Crippen LogP contribution in [0, 0.1) is 11.3 Å². The van der Waals surface area contributed by atoms with Crippen LogP contribution in [0.3, 0.4) is 0 Å². The van der Waals surface area contributed by atoms with Crippen LogP contribution in [-0.2, 0) is 4.74 Å². The van der Waals surface area contributed by atoms with Gasteiger partial charge in [0.2, 0.25) is 5.95 Å². The number of aromatic nitrogens is 2. The number of hydrogen-bond donors (Lipinski definition) is 1. The molecule has 0 fully saturated rings. The molecule has 1 aromatic rings. The smallest absolute Gasteiger partial charge is 0.224 e. The molecule has 0 saturated heterocycles. The van der Waals surface area contributed by atoms with Gasteiger partial charge in [0, 0.05) is 13.3 Å². The fourth-order valence-corrected chi connectivity index (χ4v) is 1.42. The van der Waals surface area contributed by atoms with E-state index in [-0.39, 0.29) is 6.04 Å². The molecule has 1 aromatic heterocycles. The summed E-state index contributed by atoms with van der Waals surface area (Å²) in [6.07, 6.45) is 3.61. The molecule has 0 bridgehead atoms. The van der Waals surface area contributed by atoms with E-state index in [2.05, 4.69) is 22.2 Å². The Kier molecular flexibility index (Phi) is 5.23. The number of ether oxygens (including phenoxy) is 1. The van der Waals surface area contributed by atoms with Gasteiger partial charge in [-0.3, -0.25) is 0 Å². The summed E-state index contributed by atoms with van der Waals surface area (Å²) in [5, 5.41) is 11.9. The second kappa shape index (κ2) is 6.75. The Morgan fingerprint density at radius 3 is 3.06 bits per heavy atom. The van der Waals surface area contributed by atoms with Gasteiger partial charge in [0.05, 0.1) is 12.6 Å². The minimum absolute atomic E-state index is 0.184. The standard InChI is InChI=1S/C11H16N4O/c1-3-4-10(8-16-2)15-11-13-6-5-9(7-12)14-11/h5-6,10H,3-4,8H2,1-2H3,(H,13,14,15). The van der Waals surface area contributed by atoms with Crippen molar-refractivity contribution in [1.29, 1.82) is 5.26 Å². The third-order valence-electron chi connectivity index (χ3n) is 2.11. The van der Waals surface area contributed by atoms with E-state index in [1.807, 2.05) is 6.07 Å². The van der Waals surface area contributed by atoms with E-state index in [1.54, 1.807) is 19.4 Å². The van der Waals surface area contributed by atoms with Crippen molar-refractivity contribution < 1.29 is 4.74 Å². The highest BCUT2D eigenvalue weighted by Gasteiger charge is 2.08. The highest BCUT2D eigenvalue weighted by atomic mass is 16.5. The lowest BCUT2D eigenvalue weighted by Gasteiger charge is -2.16. The largest absolute Gasteiger partial charge is 0.383 e. The number of nitrogens with one attached hydrogen (secondary N) is 1. The fraction of sp³-hybridized carbons (Fsp3) is 0.545. The molecule has 86 valence electrons. The molecule has 0 amide bonds. The summed E-state index contributed by atoms with van der Waals surface area (Å²) in [5.74, 6) is 0.481. The minimum Gasteiger partial charge on any atom is -0.383 e. The SMILES string of the molecule is CCCC(COC)Nc1nccc(C#N)n1. The van der Waals surface area contributed by atoms with Crippen LogP contribution in [-0.4, -0.2) is 29.7 Å².